The summed E-state index contributed by atoms with van der Waals surface area (Å²) in [6.07, 6.45) is 1.55. The maximum Gasteiger partial charge on any atom is 0.280 e. The summed E-state index contributed by atoms with van der Waals surface area (Å²) < 4.78 is 35.2. The molecule has 2 aromatic rings. The first kappa shape index (κ1) is 16.2. The van der Waals surface area contributed by atoms with Crippen molar-refractivity contribution in [3.05, 3.63) is 60.1 Å². The smallest absolute Gasteiger partial charge is 0.280 e. The van der Waals surface area contributed by atoms with Crippen LogP contribution in [0.2, 0.25) is 0 Å². The van der Waals surface area contributed by atoms with E-state index in [2.05, 4.69) is 9.62 Å². The predicted molar refractivity (Wildman–Crippen MR) is 88.1 cm³/mol. The fourth-order valence-electron chi connectivity index (χ4n) is 2.64. The topological polar surface area (TPSA) is 65.8 Å². The lowest BCUT2D eigenvalue weighted by Crippen LogP contribution is -2.51. The lowest BCUT2D eigenvalue weighted by atomic mass is 10.1. The van der Waals surface area contributed by atoms with Crippen LogP contribution in [0.4, 0.5) is 0 Å². The molecule has 0 bridgehead atoms. The first-order valence-electron chi connectivity index (χ1n) is 7.60. The minimum absolute atomic E-state index is 0.492. The molecule has 0 saturated carbocycles. The van der Waals surface area contributed by atoms with Crippen molar-refractivity contribution in [2.75, 3.05) is 33.2 Å². The maximum absolute atomic E-state index is 12.7. The van der Waals surface area contributed by atoms with Crippen molar-refractivity contribution in [1.82, 2.24) is 13.9 Å². The zero-order chi connectivity index (χ0) is 16.3. The third-order valence-electron chi connectivity index (χ3n) is 4.03. The van der Waals surface area contributed by atoms with E-state index in [9.17, 15) is 8.42 Å². The van der Waals surface area contributed by atoms with Gasteiger partial charge in [0, 0.05) is 26.2 Å². The highest BCUT2D eigenvalue weighted by Crippen LogP contribution is 2.24. The van der Waals surface area contributed by atoms with Gasteiger partial charge in [-0.05, 0) is 24.7 Å². The second-order valence-electron chi connectivity index (χ2n) is 5.68. The van der Waals surface area contributed by atoms with Gasteiger partial charge in [-0.1, -0.05) is 30.3 Å². The minimum Gasteiger partial charge on any atom is -0.467 e. The van der Waals surface area contributed by atoms with Crippen molar-refractivity contribution in [1.29, 1.82) is 0 Å². The van der Waals surface area contributed by atoms with Crippen LogP contribution in [-0.2, 0) is 10.2 Å². The fraction of sp³-hybridized carbons (Fsp3) is 0.375. The number of piperazine rings is 1. The third kappa shape index (κ3) is 3.81. The molecule has 1 N–H and O–H groups in total. The molecular weight excluding hydrogens is 314 g/mol. The van der Waals surface area contributed by atoms with Gasteiger partial charge >= 0.3 is 0 Å². The van der Waals surface area contributed by atoms with Gasteiger partial charge in [0.2, 0.25) is 0 Å². The molecule has 0 spiro atoms. The molecule has 1 unspecified atom stereocenters. The maximum atomic E-state index is 12.7. The molecule has 3 rings (SSSR count). The van der Waals surface area contributed by atoms with E-state index in [1.807, 2.05) is 37.4 Å². The van der Waals surface area contributed by atoms with Gasteiger partial charge in [-0.25, -0.2) is 0 Å². The molecule has 2 heterocycles. The molecule has 1 fully saturated rings. The van der Waals surface area contributed by atoms with Crippen LogP contribution in [0.3, 0.4) is 0 Å². The second kappa shape index (κ2) is 6.84. The second-order valence-corrected chi connectivity index (χ2v) is 7.39. The largest absolute Gasteiger partial charge is 0.467 e. The first-order valence-corrected chi connectivity index (χ1v) is 9.04. The number of nitrogens with one attached hydrogen (secondary N) is 1. The van der Waals surface area contributed by atoms with Gasteiger partial charge in [-0.15, -0.1) is 0 Å². The van der Waals surface area contributed by atoms with Crippen LogP contribution in [-0.4, -0.2) is 50.8 Å². The van der Waals surface area contributed by atoms with Crippen molar-refractivity contribution >= 4 is 10.2 Å². The van der Waals surface area contributed by atoms with Crippen molar-refractivity contribution in [3.63, 3.8) is 0 Å². The van der Waals surface area contributed by atoms with Crippen LogP contribution >= 0.6 is 0 Å². The SMILES string of the molecule is CN1CCN(S(=O)(=O)NC(c2ccccc2)c2ccco2)CC1. The zero-order valence-electron chi connectivity index (χ0n) is 13.1. The monoisotopic (exact) mass is 335 g/mol. The Morgan fingerprint density at radius 2 is 1.74 bits per heavy atom. The van der Waals surface area contributed by atoms with E-state index < -0.39 is 16.3 Å². The summed E-state index contributed by atoms with van der Waals surface area (Å²) in [4.78, 5) is 2.12. The summed E-state index contributed by atoms with van der Waals surface area (Å²) in [5.74, 6) is 0.578. The normalized spacial score (nSPS) is 18.8. The van der Waals surface area contributed by atoms with E-state index in [4.69, 9.17) is 4.42 Å². The molecule has 124 valence electrons. The van der Waals surface area contributed by atoms with E-state index in [-0.39, 0.29) is 0 Å². The van der Waals surface area contributed by atoms with E-state index in [1.165, 1.54) is 4.31 Å². The van der Waals surface area contributed by atoms with E-state index in [0.717, 1.165) is 18.7 Å². The molecule has 6 nitrogen and oxygen atoms in total. The van der Waals surface area contributed by atoms with Gasteiger partial charge in [0.15, 0.2) is 0 Å². The molecule has 0 aliphatic carbocycles. The molecular formula is C16H21N3O3S. The van der Waals surface area contributed by atoms with Crippen LogP contribution in [0.5, 0.6) is 0 Å². The lowest BCUT2D eigenvalue weighted by Gasteiger charge is -2.32. The standard InChI is InChI=1S/C16H21N3O3S/c1-18-9-11-19(12-10-18)23(20,21)17-16(15-8-5-13-22-15)14-6-3-2-4-7-14/h2-8,13,16-17H,9-12H2,1H3. The van der Waals surface area contributed by atoms with Crippen LogP contribution in [0.1, 0.15) is 17.4 Å². The Morgan fingerprint density at radius 1 is 1.04 bits per heavy atom. The Bertz CT molecular complexity index is 708. The number of hydrogen-bond acceptors (Lipinski definition) is 4. The van der Waals surface area contributed by atoms with Crippen LogP contribution in [0.15, 0.2) is 53.1 Å². The van der Waals surface area contributed by atoms with E-state index >= 15 is 0 Å². The molecule has 7 heteroatoms. The number of rotatable bonds is 5. The van der Waals surface area contributed by atoms with Gasteiger partial charge in [-0.2, -0.15) is 17.4 Å². The summed E-state index contributed by atoms with van der Waals surface area (Å²) in [5.41, 5.74) is 0.847. The molecule has 1 aromatic heterocycles. The highest BCUT2D eigenvalue weighted by molar-refractivity contribution is 7.87. The number of hydrogen-bond donors (Lipinski definition) is 1. The average Bonchev–Trinajstić information content (AvgIpc) is 3.08. The van der Waals surface area contributed by atoms with E-state index in [0.29, 0.717) is 18.8 Å². The predicted octanol–water partition coefficient (Wildman–Crippen LogP) is 1.45. The van der Waals surface area contributed by atoms with Gasteiger partial charge in [0.1, 0.15) is 11.8 Å². The molecule has 1 atom stereocenters. The minimum atomic E-state index is -3.58. The van der Waals surface area contributed by atoms with Crippen molar-refractivity contribution in [2.24, 2.45) is 0 Å². The Balaban J connectivity index is 1.84. The van der Waals surface area contributed by atoms with Crippen molar-refractivity contribution in [3.8, 4) is 0 Å². The van der Waals surface area contributed by atoms with Crippen LogP contribution in [0.25, 0.3) is 0 Å². The molecule has 1 aromatic carbocycles. The van der Waals surface area contributed by atoms with Gasteiger partial charge in [-0.3, -0.25) is 0 Å². The number of nitrogens with zero attached hydrogens (tertiary/aromatic N) is 2. The Hall–Kier alpha value is -1.67. The summed E-state index contributed by atoms with van der Waals surface area (Å²) >= 11 is 0. The quantitative estimate of drug-likeness (QED) is 0.898. The van der Waals surface area contributed by atoms with Crippen LogP contribution in [0, 0.1) is 0 Å². The molecule has 1 saturated heterocycles. The molecule has 1 aliphatic rings. The summed E-state index contributed by atoms with van der Waals surface area (Å²) in [6, 6.07) is 12.5. The third-order valence-corrected chi connectivity index (χ3v) is 5.61. The Kier molecular flexibility index (Phi) is 4.82. The fourth-order valence-corrected chi connectivity index (χ4v) is 3.99. The first-order chi connectivity index (χ1) is 11.1. The molecule has 0 amide bonds. The van der Waals surface area contributed by atoms with E-state index in [1.54, 1.807) is 18.4 Å². The van der Waals surface area contributed by atoms with Crippen molar-refractivity contribution in [2.45, 2.75) is 6.04 Å². The highest BCUT2D eigenvalue weighted by Gasteiger charge is 2.30. The summed E-state index contributed by atoms with van der Waals surface area (Å²) in [5, 5.41) is 0. The van der Waals surface area contributed by atoms with Crippen molar-refractivity contribution < 1.29 is 12.8 Å². The number of benzene rings is 1. The highest BCUT2D eigenvalue weighted by atomic mass is 32.2. The Labute approximate surface area is 136 Å². The molecule has 23 heavy (non-hydrogen) atoms. The average molecular weight is 335 g/mol. The van der Waals surface area contributed by atoms with Crippen LogP contribution < -0.4 is 4.72 Å². The molecule has 1 aliphatic heterocycles. The van der Waals surface area contributed by atoms with Gasteiger partial charge < -0.3 is 9.32 Å². The van der Waals surface area contributed by atoms with Gasteiger partial charge in [0.25, 0.3) is 10.2 Å². The number of furan rings is 1. The molecule has 0 radical (unpaired) electrons. The Morgan fingerprint density at radius 3 is 2.35 bits per heavy atom. The lowest BCUT2D eigenvalue weighted by molar-refractivity contribution is 0.220. The summed E-state index contributed by atoms with van der Waals surface area (Å²) in [6.45, 7) is 2.45. The zero-order valence-corrected chi connectivity index (χ0v) is 13.9. The summed E-state index contributed by atoms with van der Waals surface area (Å²) in [7, 11) is -1.59. The van der Waals surface area contributed by atoms with Gasteiger partial charge in [0.05, 0.1) is 6.26 Å². The number of likely N-dealkylation sites (N-methyl/N-ethyl adjacent to an activating group) is 1.